The Bertz CT molecular complexity index is 669. The van der Waals surface area contributed by atoms with Crippen molar-refractivity contribution in [2.75, 3.05) is 6.54 Å². The average Bonchev–Trinajstić information content (AvgIpc) is 3.32. The van der Waals surface area contributed by atoms with Gasteiger partial charge in [-0.2, -0.15) is 0 Å². The fraction of sp³-hybridized carbons (Fsp3) is 0.438. The molecule has 0 radical (unpaired) electrons. The molecule has 2 fully saturated rings. The zero-order chi connectivity index (χ0) is 14.9. The highest BCUT2D eigenvalue weighted by molar-refractivity contribution is 5.94. The molecule has 22 heavy (non-hydrogen) atoms. The van der Waals surface area contributed by atoms with Crippen LogP contribution in [0.3, 0.4) is 0 Å². The van der Waals surface area contributed by atoms with Gasteiger partial charge in [-0.15, -0.1) is 0 Å². The zero-order valence-electron chi connectivity index (χ0n) is 12.2. The Morgan fingerprint density at radius 3 is 2.64 bits per heavy atom. The first kappa shape index (κ1) is 13.3. The maximum atomic E-state index is 12.7. The van der Waals surface area contributed by atoms with Crippen molar-refractivity contribution in [2.24, 2.45) is 0 Å². The predicted octanol–water partition coefficient (Wildman–Crippen LogP) is 2.12. The molecule has 2 aromatic heterocycles. The molecular formula is C16H17N5O. The van der Waals surface area contributed by atoms with E-state index in [1.807, 2.05) is 11.0 Å². The molecule has 2 aliphatic rings. The summed E-state index contributed by atoms with van der Waals surface area (Å²) in [5, 5.41) is 0. The molecule has 0 aromatic carbocycles. The second-order valence-electron chi connectivity index (χ2n) is 5.90. The molecular weight excluding hydrogens is 278 g/mol. The number of likely N-dealkylation sites (tertiary alicyclic amines) is 1. The van der Waals surface area contributed by atoms with Crippen molar-refractivity contribution in [1.82, 2.24) is 24.8 Å². The van der Waals surface area contributed by atoms with Gasteiger partial charge in [-0.3, -0.25) is 4.79 Å². The summed E-state index contributed by atoms with van der Waals surface area (Å²) in [6.07, 6.45) is 10.8. The molecule has 3 heterocycles. The number of carbonyl (C=O) groups excluding carboxylic acids is 1. The third kappa shape index (κ3) is 2.45. The van der Waals surface area contributed by atoms with Crippen LogP contribution in [-0.4, -0.2) is 37.3 Å². The number of amides is 1. The van der Waals surface area contributed by atoms with E-state index >= 15 is 0 Å². The molecule has 0 N–H and O–H groups in total. The second-order valence-corrected chi connectivity index (χ2v) is 5.90. The van der Waals surface area contributed by atoms with Gasteiger partial charge in [-0.1, -0.05) is 0 Å². The van der Waals surface area contributed by atoms with Crippen molar-refractivity contribution in [3.05, 3.63) is 48.1 Å². The lowest BCUT2D eigenvalue weighted by Gasteiger charge is -2.24. The highest BCUT2D eigenvalue weighted by Gasteiger charge is 2.32. The number of rotatable bonds is 3. The van der Waals surface area contributed by atoms with Crippen LogP contribution in [0.4, 0.5) is 0 Å². The first-order valence-electron chi connectivity index (χ1n) is 7.72. The summed E-state index contributed by atoms with van der Waals surface area (Å²) >= 11 is 0. The van der Waals surface area contributed by atoms with Crippen LogP contribution in [0.25, 0.3) is 0 Å². The number of aromatic nitrogens is 4. The summed E-state index contributed by atoms with van der Waals surface area (Å²) in [5.41, 5.74) is 1.46. The fourth-order valence-corrected chi connectivity index (χ4v) is 2.98. The minimum Gasteiger partial charge on any atom is -0.330 e. The zero-order valence-corrected chi connectivity index (χ0v) is 12.2. The van der Waals surface area contributed by atoms with Crippen molar-refractivity contribution in [3.8, 4) is 0 Å². The normalized spacial score (nSPS) is 21.1. The van der Waals surface area contributed by atoms with Crippen LogP contribution in [0.1, 0.15) is 59.5 Å². The van der Waals surface area contributed by atoms with Crippen LogP contribution in [0.2, 0.25) is 0 Å². The first-order chi connectivity index (χ1) is 10.8. The van der Waals surface area contributed by atoms with E-state index < -0.39 is 0 Å². The topological polar surface area (TPSA) is 71.9 Å². The van der Waals surface area contributed by atoms with Crippen LogP contribution in [0, 0.1) is 0 Å². The van der Waals surface area contributed by atoms with Crippen LogP contribution in [0.5, 0.6) is 0 Å². The third-order valence-electron chi connectivity index (χ3n) is 4.32. The van der Waals surface area contributed by atoms with Gasteiger partial charge in [0.2, 0.25) is 0 Å². The molecule has 1 aliphatic carbocycles. The summed E-state index contributed by atoms with van der Waals surface area (Å²) in [5.74, 6) is 1.36. The van der Waals surface area contributed by atoms with Gasteiger partial charge in [0.25, 0.3) is 5.91 Å². The molecule has 1 saturated heterocycles. The summed E-state index contributed by atoms with van der Waals surface area (Å²) in [6.45, 7) is 0.748. The molecule has 0 bridgehead atoms. The molecule has 1 saturated carbocycles. The standard InChI is InChI=1S/C16H17N5O/c22-16(12-8-18-15(19-9-12)11-3-4-11)21-7-1-2-14(21)13-5-6-17-10-20-13/h5-6,8-11,14H,1-4,7H2/t14-/m1/s1. The Morgan fingerprint density at radius 1 is 1.14 bits per heavy atom. The lowest BCUT2D eigenvalue weighted by atomic mass is 10.1. The molecule has 2 aromatic rings. The molecule has 4 rings (SSSR count). The summed E-state index contributed by atoms with van der Waals surface area (Å²) in [7, 11) is 0. The van der Waals surface area contributed by atoms with E-state index in [9.17, 15) is 4.79 Å². The number of nitrogens with zero attached hydrogens (tertiary/aromatic N) is 5. The summed E-state index contributed by atoms with van der Waals surface area (Å²) < 4.78 is 0. The van der Waals surface area contributed by atoms with Crippen LogP contribution >= 0.6 is 0 Å². The Hall–Kier alpha value is -2.37. The third-order valence-corrected chi connectivity index (χ3v) is 4.32. The Balaban J connectivity index is 1.55. The van der Waals surface area contributed by atoms with Crippen molar-refractivity contribution >= 4 is 5.91 Å². The van der Waals surface area contributed by atoms with Crippen LogP contribution in [-0.2, 0) is 0 Å². The quantitative estimate of drug-likeness (QED) is 0.867. The summed E-state index contributed by atoms with van der Waals surface area (Å²) in [6, 6.07) is 1.90. The van der Waals surface area contributed by atoms with Gasteiger partial charge in [0, 0.05) is 31.1 Å². The van der Waals surface area contributed by atoms with Crippen molar-refractivity contribution < 1.29 is 4.79 Å². The van der Waals surface area contributed by atoms with Crippen molar-refractivity contribution in [1.29, 1.82) is 0 Å². The molecule has 6 nitrogen and oxygen atoms in total. The molecule has 1 amide bonds. The highest BCUT2D eigenvalue weighted by Crippen LogP contribution is 2.37. The number of hydrogen-bond acceptors (Lipinski definition) is 5. The second kappa shape index (κ2) is 5.44. The average molecular weight is 295 g/mol. The SMILES string of the molecule is O=C(c1cnc(C2CC2)nc1)N1CCC[C@@H]1c1ccncn1. The molecule has 1 atom stereocenters. The smallest absolute Gasteiger partial charge is 0.257 e. The van der Waals surface area contributed by atoms with E-state index in [0.717, 1.165) is 43.7 Å². The van der Waals surface area contributed by atoms with Crippen molar-refractivity contribution in [3.63, 3.8) is 0 Å². The van der Waals surface area contributed by atoms with Crippen LogP contribution < -0.4 is 0 Å². The summed E-state index contributed by atoms with van der Waals surface area (Å²) in [4.78, 5) is 31.5. The molecule has 112 valence electrons. The largest absolute Gasteiger partial charge is 0.330 e. The van der Waals surface area contributed by atoms with Gasteiger partial charge in [0.15, 0.2) is 0 Å². The Morgan fingerprint density at radius 2 is 1.95 bits per heavy atom. The minimum absolute atomic E-state index is 0.0107. The molecule has 1 aliphatic heterocycles. The fourth-order valence-electron chi connectivity index (χ4n) is 2.98. The molecule has 0 spiro atoms. The van der Waals surface area contributed by atoms with Gasteiger partial charge in [-0.05, 0) is 31.7 Å². The molecule has 0 unspecified atom stereocenters. The maximum Gasteiger partial charge on any atom is 0.257 e. The van der Waals surface area contributed by atoms with Gasteiger partial charge < -0.3 is 4.90 Å². The van der Waals surface area contributed by atoms with Gasteiger partial charge in [0.1, 0.15) is 12.2 Å². The lowest BCUT2D eigenvalue weighted by Crippen LogP contribution is -2.31. The van der Waals surface area contributed by atoms with Gasteiger partial charge in [0.05, 0.1) is 17.3 Å². The number of carbonyl (C=O) groups is 1. The first-order valence-corrected chi connectivity index (χ1v) is 7.72. The van der Waals surface area contributed by atoms with E-state index in [2.05, 4.69) is 19.9 Å². The monoisotopic (exact) mass is 295 g/mol. The lowest BCUT2D eigenvalue weighted by molar-refractivity contribution is 0.0732. The van der Waals surface area contributed by atoms with Gasteiger partial charge in [-0.25, -0.2) is 19.9 Å². The van der Waals surface area contributed by atoms with E-state index in [-0.39, 0.29) is 11.9 Å². The van der Waals surface area contributed by atoms with E-state index in [4.69, 9.17) is 0 Å². The minimum atomic E-state index is -0.0107. The maximum absolute atomic E-state index is 12.7. The van der Waals surface area contributed by atoms with E-state index in [1.54, 1.807) is 18.6 Å². The Kier molecular flexibility index (Phi) is 3.29. The van der Waals surface area contributed by atoms with Crippen LogP contribution in [0.15, 0.2) is 31.0 Å². The van der Waals surface area contributed by atoms with Crippen molar-refractivity contribution in [2.45, 2.75) is 37.6 Å². The molecule has 6 heteroatoms. The van der Waals surface area contributed by atoms with Gasteiger partial charge >= 0.3 is 0 Å². The number of hydrogen-bond donors (Lipinski definition) is 0. The van der Waals surface area contributed by atoms with E-state index in [1.165, 1.54) is 6.33 Å². The van der Waals surface area contributed by atoms with E-state index in [0.29, 0.717) is 11.5 Å². The predicted molar refractivity (Wildman–Crippen MR) is 79.1 cm³/mol. The highest BCUT2D eigenvalue weighted by atomic mass is 16.2. The Labute approximate surface area is 128 Å².